The second kappa shape index (κ2) is 8.38. The molecule has 0 unspecified atom stereocenters. The number of carbonyl (C=O) groups is 2. The van der Waals surface area contributed by atoms with Crippen LogP contribution in [0.25, 0.3) is 0 Å². The maximum atomic E-state index is 12.9. The Hall–Kier alpha value is -3.65. The molecule has 0 aromatic heterocycles. The van der Waals surface area contributed by atoms with E-state index in [1.54, 1.807) is 37.3 Å². The van der Waals surface area contributed by atoms with Crippen molar-refractivity contribution in [3.8, 4) is 0 Å². The fourth-order valence-corrected chi connectivity index (χ4v) is 3.90. The summed E-state index contributed by atoms with van der Waals surface area (Å²) in [7, 11) is -3.92. The molecule has 0 aliphatic rings. The smallest absolute Gasteiger partial charge is 0.337 e. The van der Waals surface area contributed by atoms with Gasteiger partial charge in [0.25, 0.3) is 15.9 Å². The van der Waals surface area contributed by atoms with E-state index in [9.17, 15) is 23.1 Å². The fourth-order valence-electron chi connectivity index (χ4n) is 2.82. The number of anilines is 2. The third-order valence-corrected chi connectivity index (χ3v) is 5.78. The molecule has 0 heterocycles. The lowest BCUT2D eigenvalue weighted by molar-refractivity contribution is 0.0698. The summed E-state index contributed by atoms with van der Waals surface area (Å²) in [4.78, 5) is 24.3. The van der Waals surface area contributed by atoms with Crippen molar-refractivity contribution < 1.29 is 23.1 Å². The zero-order chi connectivity index (χ0) is 21.9. The standard InChI is InChI=1S/C22H20N2O5S/c1-14-7-10-16(11-8-14)30(28,29)24-20-12-9-15(2)13-18(20)21(25)23-19-6-4-3-5-17(19)22(26)27/h3-13,24H,1-2H3,(H,23,25)(H,26,27). The lowest BCUT2D eigenvalue weighted by Crippen LogP contribution is -2.19. The van der Waals surface area contributed by atoms with Crippen LogP contribution in [-0.2, 0) is 10.0 Å². The molecule has 7 nitrogen and oxygen atoms in total. The first-order valence-corrected chi connectivity index (χ1v) is 10.5. The maximum absolute atomic E-state index is 12.9. The zero-order valence-electron chi connectivity index (χ0n) is 16.3. The van der Waals surface area contributed by atoms with Crippen molar-refractivity contribution in [2.75, 3.05) is 10.0 Å². The van der Waals surface area contributed by atoms with E-state index in [4.69, 9.17) is 0 Å². The number of hydrogen-bond acceptors (Lipinski definition) is 4. The van der Waals surface area contributed by atoms with Crippen molar-refractivity contribution in [2.45, 2.75) is 18.7 Å². The first-order valence-electron chi connectivity index (χ1n) is 9.01. The molecule has 1 amide bonds. The highest BCUT2D eigenvalue weighted by Crippen LogP contribution is 2.24. The average Bonchev–Trinajstić information content (AvgIpc) is 2.69. The van der Waals surface area contributed by atoms with Gasteiger partial charge < -0.3 is 10.4 Å². The first-order chi connectivity index (χ1) is 14.2. The van der Waals surface area contributed by atoms with Gasteiger partial charge in [0.1, 0.15) is 0 Å². The molecule has 0 bridgehead atoms. The van der Waals surface area contributed by atoms with E-state index in [0.717, 1.165) is 11.1 Å². The van der Waals surface area contributed by atoms with E-state index in [-0.39, 0.29) is 27.4 Å². The molecule has 0 atom stereocenters. The molecule has 3 N–H and O–H groups in total. The van der Waals surface area contributed by atoms with Gasteiger partial charge in [0.2, 0.25) is 0 Å². The highest BCUT2D eigenvalue weighted by Gasteiger charge is 2.20. The minimum Gasteiger partial charge on any atom is -0.478 e. The third kappa shape index (κ3) is 4.66. The minimum absolute atomic E-state index is 0.0660. The fraction of sp³-hybridized carbons (Fsp3) is 0.0909. The summed E-state index contributed by atoms with van der Waals surface area (Å²) in [6, 6.07) is 17.0. The number of aryl methyl sites for hydroxylation is 2. The molecule has 0 spiro atoms. The number of hydrogen-bond donors (Lipinski definition) is 3. The number of rotatable bonds is 6. The molecule has 30 heavy (non-hydrogen) atoms. The Bertz CT molecular complexity index is 1220. The van der Waals surface area contributed by atoms with Crippen LogP contribution in [0.15, 0.2) is 71.6 Å². The molecule has 0 aliphatic heterocycles. The largest absolute Gasteiger partial charge is 0.478 e. The topological polar surface area (TPSA) is 113 Å². The summed E-state index contributed by atoms with van der Waals surface area (Å²) in [6.45, 7) is 3.61. The Kier molecular flexibility index (Phi) is 5.89. The van der Waals surface area contributed by atoms with Gasteiger partial charge in [-0.3, -0.25) is 9.52 Å². The molecule has 0 saturated carbocycles. The first kappa shape index (κ1) is 21.1. The Balaban J connectivity index is 1.95. The lowest BCUT2D eigenvalue weighted by atomic mass is 10.1. The van der Waals surface area contributed by atoms with Gasteiger partial charge in [-0.2, -0.15) is 0 Å². The predicted molar refractivity (Wildman–Crippen MR) is 115 cm³/mol. The van der Waals surface area contributed by atoms with Gasteiger partial charge in [0, 0.05) is 0 Å². The van der Waals surface area contributed by atoms with Gasteiger partial charge in [-0.1, -0.05) is 41.5 Å². The van der Waals surface area contributed by atoms with Crippen molar-refractivity contribution >= 4 is 33.3 Å². The van der Waals surface area contributed by atoms with Crippen LogP contribution in [0, 0.1) is 13.8 Å². The summed E-state index contributed by atoms with van der Waals surface area (Å²) in [6.07, 6.45) is 0. The average molecular weight is 424 g/mol. The van der Waals surface area contributed by atoms with Crippen LogP contribution in [-0.4, -0.2) is 25.4 Å². The van der Waals surface area contributed by atoms with Crippen molar-refractivity contribution in [2.24, 2.45) is 0 Å². The van der Waals surface area contributed by atoms with Crippen molar-refractivity contribution in [1.82, 2.24) is 0 Å². The number of carbonyl (C=O) groups excluding carboxylic acids is 1. The van der Waals surface area contributed by atoms with Crippen LogP contribution >= 0.6 is 0 Å². The van der Waals surface area contributed by atoms with Crippen LogP contribution in [0.2, 0.25) is 0 Å². The number of amides is 1. The number of para-hydroxylation sites is 1. The Morgan fingerprint density at radius 2 is 1.43 bits per heavy atom. The molecule has 3 aromatic carbocycles. The SMILES string of the molecule is Cc1ccc(S(=O)(=O)Nc2ccc(C)cc2C(=O)Nc2ccccc2C(=O)O)cc1. The van der Waals surface area contributed by atoms with E-state index < -0.39 is 21.9 Å². The van der Waals surface area contributed by atoms with E-state index in [0.29, 0.717) is 0 Å². The van der Waals surface area contributed by atoms with Gasteiger partial charge >= 0.3 is 5.97 Å². The maximum Gasteiger partial charge on any atom is 0.337 e. The molecular weight excluding hydrogens is 404 g/mol. The molecule has 3 rings (SSSR count). The van der Waals surface area contributed by atoms with Gasteiger partial charge in [-0.15, -0.1) is 0 Å². The highest BCUT2D eigenvalue weighted by atomic mass is 32.2. The van der Waals surface area contributed by atoms with E-state index in [1.807, 2.05) is 6.92 Å². The van der Waals surface area contributed by atoms with E-state index in [1.165, 1.54) is 36.4 Å². The number of benzene rings is 3. The minimum atomic E-state index is -3.92. The van der Waals surface area contributed by atoms with Crippen LogP contribution in [0.1, 0.15) is 31.8 Å². The molecule has 8 heteroatoms. The number of aromatic carboxylic acids is 1. The Morgan fingerprint density at radius 3 is 2.10 bits per heavy atom. The third-order valence-electron chi connectivity index (χ3n) is 4.40. The number of nitrogens with one attached hydrogen (secondary N) is 2. The molecule has 0 fully saturated rings. The predicted octanol–water partition coefficient (Wildman–Crippen LogP) is 4.05. The van der Waals surface area contributed by atoms with Crippen LogP contribution in [0.4, 0.5) is 11.4 Å². The van der Waals surface area contributed by atoms with Crippen molar-refractivity contribution in [3.05, 3.63) is 89.0 Å². The monoisotopic (exact) mass is 424 g/mol. The molecule has 0 saturated heterocycles. The molecule has 0 radical (unpaired) electrons. The Labute approximate surface area is 174 Å². The van der Waals surface area contributed by atoms with Crippen LogP contribution in [0.3, 0.4) is 0 Å². The molecular formula is C22H20N2O5S. The molecule has 3 aromatic rings. The number of sulfonamides is 1. The second-order valence-electron chi connectivity index (χ2n) is 6.77. The summed E-state index contributed by atoms with van der Waals surface area (Å²) < 4.78 is 28.0. The van der Waals surface area contributed by atoms with Crippen LogP contribution in [0.5, 0.6) is 0 Å². The molecule has 154 valence electrons. The zero-order valence-corrected chi connectivity index (χ0v) is 17.2. The van der Waals surface area contributed by atoms with Crippen molar-refractivity contribution in [3.63, 3.8) is 0 Å². The summed E-state index contributed by atoms with van der Waals surface area (Å²) >= 11 is 0. The van der Waals surface area contributed by atoms with Gasteiger partial charge in [-0.25, -0.2) is 13.2 Å². The quantitative estimate of drug-likeness (QED) is 0.552. The summed E-state index contributed by atoms with van der Waals surface area (Å²) in [5, 5.41) is 11.9. The van der Waals surface area contributed by atoms with Gasteiger partial charge in [-0.05, 0) is 50.2 Å². The summed E-state index contributed by atoms with van der Waals surface area (Å²) in [5.74, 6) is -1.82. The van der Waals surface area contributed by atoms with E-state index >= 15 is 0 Å². The van der Waals surface area contributed by atoms with E-state index in [2.05, 4.69) is 10.0 Å². The number of carboxylic acid groups (broad SMARTS) is 1. The van der Waals surface area contributed by atoms with Gasteiger partial charge in [0.05, 0.1) is 27.4 Å². The Morgan fingerprint density at radius 1 is 0.800 bits per heavy atom. The number of carboxylic acids is 1. The second-order valence-corrected chi connectivity index (χ2v) is 8.45. The molecule has 0 aliphatic carbocycles. The normalized spacial score (nSPS) is 11.0. The van der Waals surface area contributed by atoms with Gasteiger partial charge in [0.15, 0.2) is 0 Å². The lowest BCUT2D eigenvalue weighted by Gasteiger charge is -2.14. The highest BCUT2D eigenvalue weighted by molar-refractivity contribution is 7.92. The van der Waals surface area contributed by atoms with Crippen LogP contribution < -0.4 is 10.0 Å². The summed E-state index contributed by atoms with van der Waals surface area (Å²) in [5.41, 5.74) is 1.87. The van der Waals surface area contributed by atoms with Crippen molar-refractivity contribution in [1.29, 1.82) is 0 Å².